The van der Waals surface area contributed by atoms with Gasteiger partial charge in [-0.15, -0.1) is 0 Å². The van der Waals surface area contributed by atoms with Crippen LogP contribution in [0.1, 0.15) is 25.4 Å². The third-order valence-electron chi connectivity index (χ3n) is 2.85. The summed E-state index contributed by atoms with van der Waals surface area (Å²) in [5.41, 5.74) is 6.52. The highest BCUT2D eigenvalue weighted by molar-refractivity contribution is 5.78. The van der Waals surface area contributed by atoms with Gasteiger partial charge in [-0.3, -0.25) is 9.69 Å². The summed E-state index contributed by atoms with van der Waals surface area (Å²) >= 11 is 0. The molecular weight excluding hydrogens is 242 g/mol. The van der Waals surface area contributed by atoms with E-state index in [2.05, 4.69) is 9.97 Å². The molecule has 0 radical (unpaired) electrons. The zero-order chi connectivity index (χ0) is 14.4. The quantitative estimate of drug-likeness (QED) is 0.818. The van der Waals surface area contributed by atoms with Crippen LogP contribution in [-0.4, -0.2) is 52.4 Å². The van der Waals surface area contributed by atoms with Gasteiger partial charge in [0.2, 0.25) is 5.91 Å². The summed E-state index contributed by atoms with van der Waals surface area (Å²) in [5.74, 6) is 1.23. The van der Waals surface area contributed by atoms with E-state index in [0.717, 1.165) is 18.8 Å². The lowest BCUT2D eigenvalue weighted by atomic mass is 10.4. The Hall–Kier alpha value is -1.69. The van der Waals surface area contributed by atoms with Crippen molar-refractivity contribution in [1.29, 1.82) is 0 Å². The van der Waals surface area contributed by atoms with Gasteiger partial charge in [0.05, 0.1) is 13.1 Å². The molecule has 6 nitrogen and oxygen atoms in total. The number of hydrogen-bond donors (Lipinski definition) is 1. The summed E-state index contributed by atoms with van der Waals surface area (Å²) in [5, 5.41) is 0. The van der Waals surface area contributed by atoms with E-state index in [1.165, 1.54) is 0 Å². The third kappa shape index (κ3) is 4.82. The van der Waals surface area contributed by atoms with Crippen LogP contribution in [0, 0.1) is 6.92 Å². The Morgan fingerprint density at radius 3 is 2.47 bits per heavy atom. The molecule has 0 aliphatic heterocycles. The lowest BCUT2D eigenvalue weighted by Gasteiger charge is -2.22. The zero-order valence-corrected chi connectivity index (χ0v) is 12.2. The van der Waals surface area contributed by atoms with Crippen LogP contribution in [-0.2, 0) is 11.3 Å². The Labute approximate surface area is 114 Å². The maximum atomic E-state index is 12.0. The van der Waals surface area contributed by atoms with Crippen molar-refractivity contribution in [2.24, 2.45) is 0 Å². The van der Waals surface area contributed by atoms with Crippen LogP contribution in [0.2, 0.25) is 0 Å². The highest BCUT2D eigenvalue weighted by Gasteiger charge is 2.13. The first-order valence-corrected chi connectivity index (χ1v) is 6.52. The number of aryl methyl sites for hydroxylation is 1. The normalized spacial score (nSPS) is 10.8. The van der Waals surface area contributed by atoms with Crippen LogP contribution in [0.15, 0.2) is 6.07 Å². The lowest BCUT2D eigenvalue weighted by Crippen LogP contribution is -2.38. The summed E-state index contributed by atoms with van der Waals surface area (Å²) in [4.78, 5) is 24.1. The molecule has 2 N–H and O–H groups in total. The van der Waals surface area contributed by atoms with Crippen LogP contribution in [0.3, 0.4) is 0 Å². The molecule has 19 heavy (non-hydrogen) atoms. The van der Waals surface area contributed by atoms with E-state index in [0.29, 0.717) is 24.7 Å². The van der Waals surface area contributed by atoms with E-state index in [1.807, 2.05) is 37.6 Å². The topological polar surface area (TPSA) is 75.4 Å². The summed E-state index contributed by atoms with van der Waals surface area (Å²) < 4.78 is 0. The van der Waals surface area contributed by atoms with Crippen LogP contribution >= 0.6 is 0 Å². The van der Waals surface area contributed by atoms with Gasteiger partial charge in [-0.2, -0.15) is 0 Å². The minimum absolute atomic E-state index is 0.119. The van der Waals surface area contributed by atoms with Gasteiger partial charge < -0.3 is 10.6 Å². The summed E-state index contributed by atoms with van der Waals surface area (Å²) in [6.07, 6.45) is 0. The molecule has 0 atom stereocenters. The molecule has 0 aromatic carbocycles. The number of carbonyl (C=O) groups is 1. The van der Waals surface area contributed by atoms with E-state index in [1.54, 1.807) is 6.07 Å². The number of rotatable bonds is 6. The molecule has 1 rings (SSSR count). The number of hydrogen-bond acceptors (Lipinski definition) is 5. The molecule has 1 heterocycles. The largest absolute Gasteiger partial charge is 0.384 e. The van der Waals surface area contributed by atoms with E-state index in [-0.39, 0.29) is 5.91 Å². The minimum atomic E-state index is 0.119. The number of carbonyl (C=O) groups excluding carboxylic acids is 1. The average Bonchev–Trinajstić information content (AvgIpc) is 2.28. The fourth-order valence-corrected chi connectivity index (χ4v) is 1.93. The molecule has 1 aromatic rings. The molecule has 0 aliphatic rings. The Kier molecular flexibility index (Phi) is 5.69. The maximum Gasteiger partial charge on any atom is 0.236 e. The fraction of sp³-hybridized carbons (Fsp3) is 0.615. The lowest BCUT2D eigenvalue weighted by molar-refractivity contribution is -0.131. The van der Waals surface area contributed by atoms with Gasteiger partial charge in [-0.05, 0) is 27.8 Å². The molecular formula is C13H23N5O. The van der Waals surface area contributed by atoms with Crippen LogP contribution < -0.4 is 5.73 Å². The van der Waals surface area contributed by atoms with Crippen molar-refractivity contribution in [2.45, 2.75) is 27.3 Å². The molecule has 0 bridgehead atoms. The van der Waals surface area contributed by atoms with Crippen molar-refractivity contribution in [2.75, 3.05) is 32.4 Å². The number of nitrogens with zero attached hydrogens (tertiary/aromatic N) is 4. The maximum absolute atomic E-state index is 12.0. The molecule has 0 fully saturated rings. The van der Waals surface area contributed by atoms with Gasteiger partial charge in [0, 0.05) is 24.8 Å². The fourth-order valence-electron chi connectivity index (χ4n) is 1.93. The van der Waals surface area contributed by atoms with E-state index >= 15 is 0 Å². The van der Waals surface area contributed by atoms with Crippen molar-refractivity contribution in [3.05, 3.63) is 17.6 Å². The van der Waals surface area contributed by atoms with Crippen LogP contribution in [0.5, 0.6) is 0 Å². The number of anilines is 1. The number of nitrogens with two attached hydrogens (primary N) is 1. The van der Waals surface area contributed by atoms with Gasteiger partial charge in [-0.25, -0.2) is 9.97 Å². The van der Waals surface area contributed by atoms with Crippen molar-refractivity contribution >= 4 is 11.7 Å². The van der Waals surface area contributed by atoms with Crippen LogP contribution in [0.4, 0.5) is 5.82 Å². The molecule has 1 amide bonds. The third-order valence-corrected chi connectivity index (χ3v) is 2.85. The molecule has 106 valence electrons. The summed E-state index contributed by atoms with van der Waals surface area (Å²) in [6.45, 7) is 8.17. The number of aromatic nitrogens is 2. The number of likely N-dealkylation sites (N-methyl/N-ethyl adjacent to an activating group) is 2. The Morgan fingerprint density at radius 2 is 1.95 bits per heavy atom. The second kappa shape index (κ2) is 7.04. The van der Waals surface area contributed by atoms with Gasteiger partial charge in [0.15, 0.2) is 0 Å². The monoisotopic (exact) mass is 265 g/mol. The van der Waals surface area contributed by atoms with Gasteiger partial charge in [0.1, 0.15) is 11.6 Å². The van der Waals surface area contributed by atoms with Crippen molar-refractivity contribution in [3.63, 3.8) is 0 Å². The van der Waals surface area contributed by atoms with Gasteiger partial charge in [-0.1, -0.05) is 0 Å². The average molecular weight is 265 g/mol. The Bertz CT molecular complexity index is 411. The molecule has 0 spiro atoms. The predicted octanol–water partition coefficient (Wildman–Crippen LogP) is 0.667. The first-order valence-electron chi connectivity index (χ1n) is 6.52. The molecule has 0 saturated heterocycles. The van der Waals surface area contributed by atoms with E-state index < -0.39 is 0 Å². The Balaban J connectivity index is 2.59. The molecule has 0 aliphatic carbocycles. The van der Waals surface area contributed by atoms with Gasteiger partial charge in [0.25, 0.3) is 0 Å². The highest BCUT2D eigenvalue weighted by atomic mass is 16.2. The minimum Gasteiger partial charge on any atom is -0.384 e. The van der Waals surface area contributed by atoms with Crippen molar-refractivity contribution in [1.82, 2.24) is 19.8 Å². The SMILES string of the molecule is CCN(CC)C(=O)CN(C)Cc1nc(C)cc(N)n1. The summed E-state index contributed by atoms with van der Waals surface area (Å²) in [7, 11) is 1.88. The second-order valence-corrected chi connectivity index (χ2v) is 4.59. The number of nitrogen functional groups attached to an aromatic ring is 1. The number of amides is 1. The predicted molar refractivity (Wildman–Crippen MR) is 75.4 cm³/mol. The highest BCUT2D eigenvalue weighted by Crippen LogP contribution is 2.04. The molecule has 0 saturated carbocycles. The molecule has 6 heteroatoms. The van der Waals surface area contributed by atoms with E-state index in [9.17, 15) is 4.79 Å². The first-order chi connectivity index (χ1) is 8.96. The van der Waals surface area contributed by atoms with Crippen molar-refractivity contribution < 1.29 is 4.79 Å². The van der Waals surface area contributed by atoms with Gasteiger partial charge >= 0.3 is 0 Å². The smallest absolute Gasteiger partial charge is 0.236 e. The molecule has 0 unspecified atom stereocenters. The molecule has 1 aromatic heterocycles. The Morgan fingerprint density at radius 1 is 1.32 bits per heavy atom. The first kappa shape index (κ1) is 15.4. The van der Waals surface area contributed by atoms with Crippen LogP contribution in [0.25, 0.3) is 0 Å². The van der Waals surface area contributed by atoms with E-state index in [4.69, 9.17) is 5.73 Å². The van der Waals surface area contributed by atoms with Crippen molar-refractivity contribution in [3.8, 4) is 0 Å². The summed E-state index contributed by atoms with van der Waals surface area (Å²) in [6, 6.07) is 1.73. The standard InChI is InChI=1S/C13H23N5O/c1-5-18(6-2)13(19)9-17(4)8-12-15-10(3)7-11(14)16-12/h7H,5-6,8-9H2,1-4H3,(H2,14,15,16). The second-order valence-electron chi connectivity index (χ2n) is 4.59. The zero-order valence-electron chi connectivity index (χ0n) is 12.2.